The first-order chi connectivity index (χ1) is 12.2. The highest BCUT2D eigenvalue weighted by molar-refractivity contribution is 5.98. The largest absolute Gasteiger partial charge is 0.493 e. The van der Waals surface area contributed by atoms with E-state index in [1.54, 1.807) is 33.5 Å². The zero-order chi connectivity index (χ0) is 17.8. The Labute approximate surface area is 146 Å². The van der Waals surface area contributed by atoms with Gasteiger partial charge in [0.2, 0.25) is 5.75 Å². The Kier molecular flexibility index (Phi) is 4.62. The van der Waals surface area contributed by atoms with Crippen molar-refractivity contribution >= 4 is 22.6 Å². The van der Waals surface area contributed by atoms with Crippen LogP contribution in [0.3, 0.4) is 0 Å². The number of nitriles is 1. The molecule has 1 heterocycles. The Hall–Kier alpha value is -3.39. The minimum absolute atomic E-state index is 0.498. The minimum atomic E-state index is 0.498. The van der Waals surface area contributed by atoms with Crippen molar-refractivity contribution in [2.75, 3.05) is 21.3 Å². The number of ether oxygens (including phenoxy) is 3. The molecule has 0 aliphatic rings. The van der Waals surface area contributed by atoms with E-state index in [1.165, 1.54) is 0 Å². The van der Waals surface area contributed by atoms with E-state index in [9.17, 15) is 5.26 Å². The highest BCUT2D eigenvalue weighted by atomic mass is 16.5. The number of nitrogens with zero attached hydrogens (tertiary/aromatic N) is 1. The summed E-state index contributed by atoms with van der Waals surface area (Å²) in [5.74, 6) is 1.52. The van der Waals surface area contributed by atoms with E-state index < -0.39 is 0 Å². The molecule has 3 rings (SSSR count). The van der Waals surface area contributed by atoms with Crippen molar-refractivity contribution in [3.05, 3.63) is 53.7 Å². The highest BCUT2D eigenvalue weighted by Gasteiger charge is 2.15. The van der Waals surface area contributed by atoms with Crippen LogP contribution in [-0.2, 0) is 0 Å². The second-order valence-corrected chi connectivity index (χ2v) is 5.37. The third kappa shape index (κ3) is 3.02. The van der Waals surface area contributed by atoms with E-state index in [2.05, 4.69) is 11.1 Å². The number of fused-ring (bicyclic) bond motifs is 1. The lowest BCUT2D eigenvalue weighted by Gasteiger charge is -2.13. The first kappa shape index (κ1) is 16.5. The zero-order valence-electron chi connectivity index (χ0n) is 14.3. The fourth-order valence-electron chi connectivity index (χ4n) is 2.79. The molecule has 0 radical (unpaired) electrons. The summed E-state index contributed by atoms with van der Waals surface area (Å²) in [7, 11) is 4.65. The normalized spacial score (nSPS) is 11.2. The summed E-state index contributed by atoms with van der Waals surface area (Å²) in [6.07, 6.45) is 3.74. The van der Waals surface area contributed by atoms with Gasteiger partial charge in [0.15, 0.2) is 11.5 Å². The number of benzene rings is 2. The van der Waals surface area contributed by atoms with Gasteiger partial charge in [-0.1, -0.05) is 18.2 Å². The zero-order valence-corrected chi connectivity index (χ0v) is 14.3. The third-order valence-corrected chi connectivity index (χ3v) is 4.02. The molecule has 0 spiro atoms. The van der Waals surface area contributed by atoms with Crippen molar-refractivity contribution in [1.82, 2.24) is 4.98 Å². The van der Waals surface area contributed by atoms with Crippen LogP contribution < -0.4 is 14.2 Å². The van der Waals surface area contributed by atoms with Gasteiger partial charge in [0.05, 0.1) is 33.0 Å². The summed E-state index contributed by atoms with van der Waals surface area (Å²) < 4.78 is 16.1. The van der Waals surface area contributed by atoms with Crippen molar-refractivity contribution in [2.45, 2.75) is 0 Å². The number of methoxy groups -OCH3 is 3. The van der Waals surface area contributed by atoms with Gasteiger partial charge in [0.1, 0.15) is 0 Å². The van der Waals surface area contributed by atoms with Crippen LogP contribution in [0.5, 0.6) is 17.2 Å². The molecule has 0 aliphatic heterocycles. The van der Waals surface area contributed by atoms with E-state index in [0.717, 1.165) is 16.5 Å². The summed E-state index contributed by atoms with van der Waals surface area (Å²) in [6, 6.07) is 13.7. The van der Waals surface area contributed by atoms with E-state index >= 15 is 0 Å². The molecule has 0 unspecified atom stereocenters. The number of nitrogens with one attached hydrogen (secondary N) is 1. The molecule has 0 fully saturated rings. The number of H-pyrrole nitrogens is 1. The maximum absolute atomic E-state index is 9.66. The smallest absolute Gasteiger partial charge is 0.203 e. The molecule has 25 heavy (non-hydrogen) atoms. The number of allylic oxidation sites excluding steroid dienone is 1. The molecule has 126 valence electrons. The van der Waals surface area contributed by atoms with Crippen molar-refractivity contribution in [3.8, 4) is 23.3 Å². The number of hydrogen-bond acceptors (Lipinski definition) is 4. The van der Waals surface area contributed by atoms with Crippen LogP contribution in [0.2, 0.25) is 0 Å². The molecule has 0 bridgehead atoms. The van der Waals surface area contributed by atoms with Gasteiger partial charge in [0.25, 0.3) is 0 Å². The average Bonchev–Trinajstić information content (AvgIpc) is 3.07. The van der Waals surface area contributed by atoms with Crippen molar-refractivity contribution in [2.24, 2.45) is 0 Å². The number of aromatic nitrogens is 1. The Balaban J connectivity index is 2.14. The van der Waals surface area contributed by atoms with Crippen LogP contribution in [-0.4, -0.2) is 26.3 Å². The first-order valence-corrected chi connectivity index (χ1v) is 7.70. The van der Waals surface area contributed by atoms with E-state index in [1.807, 2.05) is 36.5 Å². The number of hydrogen-bond donors (Lipinski definition) is 1. The Morgan fingerprint density at radius 3 is 2.32 bits per heavy atom. The molecule has 0 aliphatic carbocycles. The maximum Gasteiger partial charge on any atom is 0.203 e. The first-order valence-electron chi connectivity index (χ1n) is 7.70. The second-order valence-electron chi connectivity index (χ2n) is 5.37. The lowest BCUT2D eigenvalue weighted by molar-refractivity contribution is 0.324. The summed E-state index contributed by atoms with van der Waals surface area (Å²) in [4.78, 5) is 3.21. The third-order valence-electron chi connectivity index (χ3n) is 4.02. The fourth-order valence-corrected chi connectivity index (χ4v) is 2.79. The topological polar surface area (TPSA) is 67.3 Å². The molecule has 1 aromatic heterocycles. The second kappa shape index (κ2) is 7.02. The van der Waals surface area contributed by atoms with Gasteiger partial charge < -0.3 is 19.2 Å². The van der Waals surface area contributed by atoms with Gasteiger partial charge in [-0.3, -0.25) is 0 Å². The Bertz CT molecular complexity index is 955. The SMILES string of the molecule is COc1cc(/C(C#N)=C/c2c[nH]c3ccccc23)cc(OC)c1OC. The summed E-state index contributed by atoms with van der Waals surface area (Å²) in [5.41, 5.74) is 3.17. The molecule has 0 amide bonds. The molecule has 0 saturated heterocycles. The quantitative estimate of drug-likeness (QED) is 0.708. The minimum Gasteiger partial charge on any atom is -0.493 e. The van der Waals surface area contributed by atoms with Gasteiger partial charge >= 0.3 is 0 Å². The van der Waals surface area contributed by atoms with Gasteiger partial charge in [-0.25, -0.2) is 0 Å². The van der Waals surface area contributed by atoms with E-state index in [4.69, 9.17) is 14.2 Å². The molecule has 5 nitrogen and oxygen atoms in total. The predicted molar refractivity (Wildman–Crippen MR) is 97.9 cm³/mol. The van der Waals surface area contributed by atoms with Gasteiger partial charge in [-0.05, 0) is 29.8 Å². The highest BCUT2D eigenvalue weighted by Crippen LogP contribution is 2.40. The molecule has 2 aromatic carbocycles. The molecule has 1 N–H and O–H groups in total. The summed E-state index contributed by atoms with van der Waals surface area (Å²) in [5, 5.41) is 10.7. The molecular weight excluding hydrogens is 316 g/mol. The molecule has 0 atom stereocenters. The molecule has 3 aromatic rings. The van der Waals surface area contributed by atoms with Gasteiger partial charge in [-0.15, -0.1) is 0 Å². The van der Waals surface area contributed by atoms with Crippen molar-refractivity contribution < 1.29 is 14.2 Å². The lowest BCUT2D eigenvalue weighted by Crippen LogP contribution is -1.96. The van der Waals surface area contributed by atoms with Crippen LogP contribution >= 0.6 is 0 Å². The standard InChI is InChI=1S/C20H18N2O3/c1-23-18-9-13(10-19(24-2)20(18)25-3)14(11-21)8-15-12-22-17-7-5-4-6-16(15)17/h4-10,12,22H,1-3H3/b14-8+. The lowest BCUT2D eigenvalue weighted by atomic mass is 10.0. The number of para-hydroxylation sites is 1. The molecule has 0 saturated carbocycles. The van der Waals surface area contributed by atoms with Crippen LogP contribution in [0.25, 0.3) is 22.6 Å². The van der Waals surface area contributed by atoms with E-state index in [-0.39, 0.29) is 0 Å². The summed E-state index contributed by atoms with van der Waals surface area (Å²) in [6.45, 7) is 0. The average molecular weight is 334 g/mol. The monoisotopic (exact) mass is 334 g/mol. The number of rotatable bonds is 5. The van der Waals surface area contributed by atoms with Gasteiger partial charge in [0, 0.05) is 22.7 Å². The van der Waals surface area contributed by atoms with E-state index in [0.29, 0.717) is 28.4 Å². The van der Waals surface area contributed by atoms with Crippen LogP contribution in [0.4, 0.5) is 0 Å². The maximum atomic E-state index is 9.66. The molecular formula is C20H18N2O3. The van der Waals surface area contributed by atoms with Crippen LogP contribution in [0.1, 0.15) is 11.1 Å². The Morgan fingerprint density at radius 2 is 1.72 bits per heavy atom. The van der Waals surface area contributed by atoms with Gasteiger partial charge in [-0.2, -0.15) is 5.26 Å². The van der Waals surface area contributed by atoms with Crippen LogP contribution in [0.15, 0.2) is 42.6 Å². The summed E-state index contributed by atoms with van der Waals surface area (Å²) >= 11 is 0. The Morgan fingerprint density at radius 1 is 1.04 bits per heavy atom. The fraction of sp³-hybridized carbons (Fsp3) is 0.150. The predicted octanol–water partition coefficient (Wildman–Crippen LogP) is 4.26. The van der Waals surface area contributed by atoms with Crippen LogP contribution in [0, 0.1) is 11.3 Å². The molecule has 5 heteroatoms. The van der Waals surface area contributed by atoms with Crippen molar-refractivity contribution in [3.63, 3.8) is 0 Å². The van der Waals surface area contributed by atoms with Crippen molar-refractivity contribution in [1.29, 1.82) is 5.26 Å². The number of aromatic amines is 1.